The lowest BCUT2D eigenvalue weighted by atomic mass is 10.1. The fraction of sp³-hybridized carbons (Fsp3) is 0.611. The van der Waals surface area contributed by atoms with Crippen molar-refractivity contribution in [2.24, 2.45) is 0 Å². The third kappa shape index (κ3) is 15.5. The maximum Gasteiger partial charge on any atom is 0.314 e. The number of nitrogens with one attached hydrogen (secondary N) is 4. The highest BCUT2D eigenvalue weighted by Crippen LogP contribution is 2.04. The lowest BCUT2D eigenvalue weighted by Gasteiger charge is -2.19. The Morgan fingerprint density at radius 3 is 1.64 bits per heavy atom. The van der Waals surface area contributed by atoms with Gasteiger partial charge in [0, 0.05) is 19.4 Å². The molecule has 0 saturated carbocycles. The quantitative estimate of drug-likeness (QED) is 0.0684. The number of rotatable bonds is 17. The number of carbonyl (C=O) groups is 7. The number of hydrogen-bond acceptors (Lipinski definition) is 7. The maximum atomic E-state index is 12.2. The molecule has 0 aromatic rings. The average Bonchev–Trinajstić information content (AvgIpc) is 2.71. The molecule has 0 bridgehead atoms. The van der Waals surface area contributed by atoms with E-state index in [4.69, 9.17) is 33.4 Å². The molecule has 0 aliphatic rings. The summed E-state index contributed by atoms with van der Waals surface area (Å²) in [5, 5.41) is 24.5. The molecule has 33 heavy (non-hydrogen) atoms. The van der Waals surface area contributed by atoms with Crippen LogP contribution < -0.4 is 21.3 Å². The minimum atomic E-state index is -1.23. The summed E-state index contributed by atoms with van der Waals surface area (Å²) in [6, 6.07) is -3.27. The molecule has 3 atom stereocenters. The van der Waals surface area contributed by atoms with Crippen LogP contribution in [0.3, 0.4) is 0 Å². The van der Waals surface area contributed by atoms with Crippen molar-refractivity contribution in [1.29, 1.82) is 0 Å². The summed E-state index contributed by atoms with van der Waals surface area (Å²) in [6.45, 7) is 0.142. The average molecular weight is 513 g/mol. The molecule has 0 aromatic heterocycles. The van der Waals surface area contributed by atoms with Crippen LogP contribution in [0.25, 0.3) is 0 Å². The van der Waals surface area contributed by atoms with Crippen molar-refractivity contribution in [3.63, 3.8) is 0 Å². The Balaban J connectivity index is 4.52. The third-order valence-electron chi connectivity index (χ3n) is 4.24. The van der Waals surface area contributed by atoms with Gasteiger partial charge in [0.1, 0.15) is 18.4 Å². The van der Waals surface area contributed by atoms with Gasteiger partial charge in [-0.3, -0.25) is 28.8 Å². The molecule has 13 nitrogen and oxygen atoms in total. The highest BCUT2D eigenvalue weighted by Gasteiger charge is 2.24. The van der Waals surface area contributed by atoms with E-state index in [1.165, 1.54) is 0 Å². The molecule has 4 amide bonds. The molecular weight excluding hydrogens is 487 g/mol. The SMILES string of the molecule is O=CC(CCCCNC(=O)C(CCC(=O)O)NC(=O)Cl)NC(=O)C(CCC(=O)O)NC(=O)Cl. The summed E-state index contributed by atoms with van der Waals surface area (Å²) >= 11 is 10.4. The van der Waals surface area contributed by atoms with E-state index in [9.17, 15) is 33.6 Å². The number of carbonyl (C=O) groups excluding carboxylic acids is 5. The van der Waals surface area contributed by atoms with Gasteiger partial charge in [-0.25, -0.2) is 0 Å². The first kappa shape index (κ1) is 30.1. The minimum absolute atomic E-state index is 0.142. The largest absolute Gasteiger partial charge is 0.481 e. The van der Waals surface area contributed by atoms with E-state index >= 15 is 0 Å². The van der Waals surface area contributed by atoms with Crippen LogP contribution in [0.1, 0.15) is 44.9 Å². The van der Waals surface area contributed by atoms with Gasteiger partial charge < -0.3 is 36.3 Å². The summed E-state index contributed by atoms with van der Waals surface area (Å²) in [5.41, 5.74) is 0. The molecule has 3 unspecified atom stereocenters. The number of aldehydes is 1. The van der Waals surface area contributed by atoms with Crippen molar-refractivity contribution in [1.82, 2.24) is 21.3 Å². The van der Waals surface area contributed by atoms with Crippen LogP contribution in [0.2, 0.25) is 0 Å². The lowest BCUT2D eigenvalue weighted by molar-refractivity contribution is -0.138. The van der Waals surface area contributed by atoms with Gasteiger partial charge in [-0.2, -0.15) is 0 Å². The maximum absolute atomic E-state index is 12.2. The normalized spacial score (nSPS) is 13.0. The van der Waals surface area contributed by atoms with Gasteiger partial charge in [0.2, 0.25) is 11.8 Å². The van der Waals surface area contributed by atoms with Gasteiger partial charge in [-0.05, 0) is 55.3 Å². The molecule has 0 aromatic carbocycles. The zero-order valence-corrected chi connectivity index (χ0v) is 19.0. The van der Waals surface area contributed by atoms with Gasteiger partial charge in [0.05, 0.1) is 6.04 Å². The van der Waals surface area contributed by atoms with Crippen molar-refractivity contribution in [2.45, 2.75) is 63.1 Å². The van der Waals surface area contributed by atoms with E-state index in [1.54, 1.807) is 0 Å². The van der Waals surface area contributed by atoms with Gasteiger partial charge in [0.15, 0.2) is 0 Å². The van der Waals surface area contributed by atoms with E-state index in [2.05, 4.69) is 21.3 Å². The number of carboxylic acid groups (broad SMARTS) is 2. The third-order valence-corrected chi connectivity index (χ3v) is 4.45. The van der Waals surface area contributed by atoms with Crippen LogP contribution in [0.5, 0.6) is 0 Å². The van der Waals surface area contributed by atoms with Crippen molar-refractivity contribution in [2.75, 3.05) is 6.54 Å². The van der Waals surface area contributed by atoms with Crippen LogP contribution in [0.15, 0.2) is 0 Å². The second-order valence-corrected chi connectivity index (χ2v) is 7.53. The van der Waals surface area contributed by atoms with Crippen LogP contribution >= 0.6 is 23.2 Å². The molecule has 0 aliphatic heterocycles. The Hall–Kier alpha value is -2.93. The molecule has 0 saturated heterocycles. The van der Waals surface area contributed by atoms with Crippen LogP contribution in [0, 0.1) is 0 Å². The predicted octanol–water partition coefficient (Wildman–Crippen LogP) is 0.320. The lowest BCUT2D eigenvalue weighted by Crippen LogP contribution is -2.49. The number of hydrogen-bond donors (Lipinski definition) is 6. The summed E-state index contributed by atoms with van der Waals surface area (Å²) in [5.74, 6) is -3.71. The predicted molar refractivity (Wildman–Crippen MR) is 115 cm³/mol. The second-order valence-electron chi connectivity index (χ2n) is 6.84. The summed E-state index contributed by atoms with van der Waals surface area (Å²) < 4.78 is 0. The monoisotopic (exact) mass is 512 g/mol. The molecule has 0 radical (unpaired) electrons. The van der Waals surface area contributed by atoms with Crippen molar-refractivity contribution in [3.05, 3.63) is 0 Å². The van der Waals surface area contributed by atoms with E-state index in [0.29, 0.717) is 19.1 Å². The zero-order chi connectivity index (χ0) is 25.4. The van der Waals surface area contributed by atoms with Gasteiger partial charge >= 0.3 is 22.7 Å². The minimum Gasteiger partial charge on any atom is -0.481 e. The highest BCUT2D eigenvalue weighted by atomic mass is 35.5. The fourth-order valence-electron chi connectivity index (χ4n) is 2.63. The highest BCUT2D eigenvalue weighted by molar-refractivity contribution is 6.63. The topological polar surface area (TPSA) is 208 Å². The Kier molecular flexibility index (Phi) is 15.2. The standard InChI is InChI=1S/C18H26Cl2N4O9/c19-17(32)23-11(4-6-13(26)27)15(30)21-8-2-1-3-10(9-25)22-16(31)12(24-18(20)33)5-7-14(28)29/h9-12H,1-8H2,(H,21,30)(H,22,31)(H,23,32)(H,24,33)(H,26,27)(H,28,29). The number of unbranched alkanes of at least 4 members (excludes halogenated alkanes) is 1. The summed E-state index contributed by atoms with van der Waals surface area (Å²) in [6.07, 6.45) is 0.296. The first-order chi connectivity index (χ1) is 15.5. The van der Waals surface area contributed by atoms with E-state index < -0.39 is 59.0 Å². The molecule has 0 fully saturated rings. The Bertz CT molecular complexity index is 736. The molecule has 186 valence electrons. The van der Waals surface area contributed by atoms with Crippen LogP contribution in [-0.2, 0) is 24.0 Å². The number of amides is 4. The Labute approximate surface area is 198 Å². The van der Waals surface area contributed by atoms with E-state index in [0.717, 1.165) is 0 Å². The van der Waals surface area contributed by atoms with Gasteiger partial charge in [-0.15, -0.1) is 0 Å². The van der Waals surface area contributed by atoms with E-state index in [-0.39, 0.29) is 32.2 Å². The molecule has 6 N–H and O–H groups in total. The molecule has 0 heterocycles. The Morgan fingerprint density at radius 2 is 1.21 bits per heavy atom. The first-order valence-corrected chi connectivity index (χ1v) is 10.6. The molecule has 0 rings (SSSR count). The van der Waals surface area contributed by atoms with Crippen molar-refractivity contribution in [3.8, 4) is 0 Å². The van der Waals surface area contributed by atoms with Crippen molar-refractivity contribution < 1.29 is 43.8 Å². The smallest absolute Gasteiger partial charge is 0.314 e. The van der Waals surface area contributed by atoms with Gasteiger partial charge in [0.25, 0.3) is 0 Å². The number of aliphatic carboxylic acids is 2. The van der Waals surface area contributed by atoms with Crippen LogP contribution in [0.4, 0.5) is 9.59 Å². The Morgan fingerprint density at radius 1 is 0.727 bits per heavy atom. The molecule has 15 heteroatoms. The van der Waals surface area contributed by atoms with Crippen LogP contribution in [-0.4, -0.2) is 75.7 Å². The first-order valence-electron chi connectivity index (χ1n) is 9.85. The van der Waals surface area contributed by atoms with Crippen molar-refractivity contribution >= 4 is 64.0 Å². The molecular formula is C18H26Cl2N4O9. The molecule has 0 spiro atoms. The fourth-order valence-corrected chi connectivity index (χ4v) is 2.89. The van der Waals surface area contributed by atoms with E-state index in [1.807, 2.05) is 0 Å². The molecule has 0 aliphatic carbocycles. The number of carboxylic acids is 2. The van der Waals surface area contributed by atoms with Gasteiger partial charge in [-0.1, -0.05) is 0 Å². The summed E-state index contributed by atoms with van der Waals surface area (Å²) in [7, 11) is 0. The zero-order valence-electron chi connectivity index (χ0n) is 17.5. The second kappa shape index (κ2) is 16.7. The summed E-state index contributed by atoms with van der Waals surface area (Å²) in [4.78, 5) is 78.9. The number of halogens is 2.